The number of nitrogens with one attached hydrogen (secondary N) is 1. The molecule has 1 aromatic carbocycles. The van der Waals surface area contributed by atoms with Gasteiger partial charge in [-0.25, -0.2) is 0 Å². The van der Waals surface area contributed by atoms with E-state index < -0.39 is 0 Å². The van der Waals surface area contributed by atoms with Gasteiger partial charge in [0, 0.05) is 4.47 Å². The van der Waals surface area contributed by atoms with Gasteiger partial charge in [-0.15, -0.1) is 10.2 Å². The molecule has 0 aliphatic carbocycles. The zero-order chi connectivity index (χ0) is 13.5. The van der Waals surface area contributed by atoms with Gasteiger partial charge < -0.3 is 9.73 Å². The van der Waals surface area contributed by atoms with Crippen LogP contribution >= 0.6 is 15.9 Å². The summed E-state index contributed by atoms with van der Waals surface area (Å²) in [5.74, 6) is 1.18. The summed E-state index contributed by atoms with van der Waals surface area (Å²) in [6, 6.07) is 7.82. The van der Waals surface area contributed by atoms with Gasteiger partial charge in [0.1, 0.15) is 0 Å². The summed E-state index contributed by atoms with van der Waals surface area (Å²) in [7, 11) is 0. The molecule has 0 saturated heterocycles. The molecule has 0 radical (unpaired) electrons. The highest BCUT2D eigenvalue weighted by atomic mass is 79.9. The van der Waals surface area contributed by atoms with Crippen molar-refractivity contribution in [2.75, 3.05) is 6.54 Å². The van der Waals surface area contributed by atoms with E-state index in [0.29, 0.717) is 18.3 Å². The van der Waals surface area contributed by atoms with E-state index in [9.17, 15) is 0 Å². The Labute approximate surface area is 121 Å². The number of hydrogen-bond donors (Lipinski definition) is 1. The molecule has 102 valence electrons. The van der Waals surface area contributed by atoms with Gasteiger partial charge in [-0.05, 0) is 41.0 Å². The zero-order valence-electron chi connectivity index (χ0n) is 11.0. The van der Waals surface area contributed by atoms with Crippen LogP contribution in [0.1, 0.15) is 32.1 Å². The van der Waals surface area contributed by atoms with Gasteiger partial charge in [0.15, 0.2) is 0 Å². The molecule has 5 heteroatoms. The number of halogens is 1. The molecule has 0 atom stereocenters. The van der Waals surface area contributed by atoms with E-state index in [1.54, 1.807) is 0 Å². The van der Waals surface area contributed by atoms with E-state index in [2.05, 4.69) is 38.4 Å². The minimum absolute atomic E-state index is 0.554. The predicted molar refractivity (Wildman–Crippen MR) is 78.7 cm³/mol. The maximum absolute atomic E-state index is 5.64. The molecule has 0 amide bonds. The third kappa shape index (κ3) is 4.14. The summed E-state index contributed by atoms with van der Waals surface area (Å²) < 4.78 is 6.60. The predicted octanol–water partition coefficient (Wildman–Crippen LogP) is 3.78. The Morgan fingerprint density at radius 2 is 2.05 bits per heavy atom. The van der Waals surface area contributed by atoms with Gasteiger partial charge in [-0.1, -0.05) is 31.9 Å². The molecule has 0 fully saturated rings. The molecule has 19 heavy (non-hydrogen) atoms. The van der Waals surface area contributed by atoms with Crippen LogP contribution in [0.25, 0.3) is 11.5 Å². The van der Waals surface area contributed by atoms with Crippen LogP contribution in [-0.2, 0) is 6.54 Å². The van der Waals surface area contributed by atoms with Gasteiger partial charge in [-0.2, -0.15) is 0 Å². The lowest BCUT2D eigenvalue weighted by atomic mass is 10.2. The number of rotatable bonds is 7. The highest BCUT2D eigenvalue weighted by Crippen LogP contribution is 2.26. The lowest BCUT2D eigenvalue weighted by Crippen LogP contribution is -2.14. The Hall–Kier alpha value is -1.20. The summed E-state index contributed by atoms with van der Waals surface area (Å²) in [5.41, 5.74) is 0.923. The first-order valence-electron chi connectivity index (χ1n) is 6.59. The smallest absolute Gasteiger partial charge is 0.248 e. The summed E-state index contributed by atoms with van der Waals surface area (Å²) in [5, 5.41) is 11.4. The molecule has 0 saturated carbocycles. The van der Waals surface area contributed by atoms with Gasteiger partial charge >= 0.3 is 0 Å². The maximum Gasteiger partial charge on any atom is 0.248 e. The fraction of sp³-hybridized carbons (Fsp3) is 0.429. The highest BCUT2D eigenvalue weighted by molar-refractivity contribution is 9.10. The van der Waals surface area contributed by atoms with Crippen LogP contribution in [0.15, 0.2) is 33.2 Å². The molecule has 0 aliphatic rings. The molecule has 0 spiro atoms. The number of hydrogen-bond acceptors (Lipinski definition) is 4. The van der Waals surface area contributed by atoms with Crippen molar-refractivity contribution in [3.8, 4) is 11.5 Å². The third-order valence-corrected chi connectivity index (χ3v) is 3.50. The lowest BCUT2D eigenvalue weighted by molar-refractivity contribution is 0.473. The molecule has 1 aromatic heterocycles. The molecule has 0 unspecified atom stereocenters. The Morgan fingerprint density at radius 3 is 2.84 bits per heavy atom. The first-order valence-corrected chi connectivity index (χ1v) is 7.38. The average Bonchev–Trinajstić information content (AvgIpc) is 2.88. The second-order valence-corrected chi connectivity index (χ2v) is 5.22. The fourth-order valence-corrected chi connectivity index (χ4v) is 2.22. The summed E-state index contributed by atoms with van der Waals surface area (Å²) >= 11 is 3.48. The summed E-state index contributed by atoms with van der Waals surface area (Å²) in [4.78, 5) is 0. The van der Waals surface area contributed by atoms with Crippen molar-refractivity contribution in [3.05, 3.63) is 34.6 Å². The van der Waals surface area contributed by atoms with Gasteiger partial charge in [0.05, 0.1) is 12.1 Å². The van der Waals surface area contributed by atoms with Crippen molar-refractivity contribution in [2.24, 2.45) is 0 Å². The molecule has 0 bridgehead atoms. The van der Waals surface area contributed by atoms with Crippen LogP contribution in [0.5, 0.6) is 0 Å². The maximum atomic E-state index is 5.64. The second kappa shape index (κ2) is 7.40. The summed E-state index contributed by atoms with van der Waals surface area (Å²) in [6.07, 6.45) is 3.66. The Balaban J connectivity index is 1.91. The topological polar surface area (TPSA) is 51.0 Å². The van der Waals surface area contributed by atoms with E-state index in [1.165, 1.54) is 19.3 Å². The van der Waals surface area contributed by atoms with Crippen LogP contribution in [0.2, 0.25) is 0 Å². The van der Waals surface area contributed by atoms with E-state index in [4.69, 9.17) is 4.42 Å². The second-order valence-electron chi connectivity index (χ2n) is 4.36. The van der Waals surface area contributed by atoms with E-state index in [1.807, 2.05) is 24.3 Å². The Bertz CT molecular complexity index is 513. The Kier molecular flexibility index (Phi) is 5.54. The van der Waals surface area contributed by atoms with E-state index >= 15 is 0 Å². The zero-order valence-corrected chi connectivity index (χ0v) is 12.6. The van der Waals surface area contributed by atoms with Crippen molar-refractivity contribution in [3.63, 3.8) is 0 Å². The lowest BCUT2D eigenvalue weighted by Gasteiger charge is -2.00. The van der Waals surface area contributed by atoms with E-state index in [0.717, 1.165) is 16.6 Å². The normalized spacial score (nSPS) is 10.8. The van der Waals surface area contributed by atoms with Crippen molar-refractivity contribution >= 4 is 15.9 Å². The minimum atomic E-state index is 0.554. The standard InChI is InChI=1S/C14H18BrN3O/c1-2-3-6-9-16-10-13-17-18-14(19-13)11-7-4-5-8-12(11)15/h4-5,7-8,16H,2-3,6,9-10H2,1H3. The van der Waals surface area contributed by atoms with Crippen LogP contribution in [-0.4, -0.2) is 16.7 Å². The SMILES string of the molecule is CCCCCNCc1nnc(-c2ccccc2Br)o1. The number of unbranched alkanes of at least 4 members (excludes halogenated alkanes) is 2. The number of benzene rings is 1. The van der Waals surface area contributed by atoms with Crippen molar-refractivity contribution < 1.29 is 4.42 Å². The molecule has 4 nitrogen and oxygen atoms in total. The number of nitrogens with zero attached hydrogens (tertiary/aromatic N) is 2. The minimum Gasteiger partial charge on any atom is -0.419 e. The first kappa shape index (κ1) is 14.2. The molecule has 1 heterocycles. The Morgan fingerprint density at radius 1 is 1.21 bits per heavy atom. The summed E-state index contributed by atoms with van der Waals surface area (Å²) in [6.45, 7) is 3.81. The average molecular weight is 324 g/mol. The highest BCUT2D eigenvalue weighted by Gasteiger charge is 2.10. The molecular formula is C14H18BrN3O. The molecule has 1 N–H and O–H groups in total. The van der Waals surface area contributed by atoms with Crippen LogP contribution < -0.4 is 5.32 Å². The largest absolute Gasteiger partial charge is 0.419 e. The van der Waals surface area contributed by atoms with Crippen molar-refractivity contribution in [1.29, 1.82) is 0 Å². The van der Waals surface area contributed by atoms with Crippen molar-refractivity contribution in [1.82, 2.24) is 15.5 Å². The van der Waals surface area contributed by atoms with Gasteiger partial charge in [0.2, 0.25) is 11.8 Å². The van der Waals surface area contributed by atoms with Crippen LogP contribution in [0.4, 0.5) is 0 Å². The quantitative estimate of drug-likeness (QED) is 0.788. The fourth-order valence-electron chi connectivity index (χ4n) is 1.76. The van der Waals surface area contributed by atoms with E-state index in [-0.39, 0.29) is 0 Å². The van der Waals surface area contributed by atoms with Gasteiger partial charge in [0.25, 0.3) is 0 Å². The molecule has 0 aliphatic heterocycles. The first-order chi connectivity index (χ1) is 9.31. The monoisotopic (exact) mass is 323 g/mol. The van der Waals surface area contributed by atoms with Crippen LogP contribution in [0, 0.1) is 0 Å². The molecule has 2 aromatic rings. The van der Waals surface area contributed by atoms with Crippen LogP contribution in [0.3, 0.4) is 0 Å². The molecular weight excluding hydrogens is 306 g/mol. The molecule has 2 rings (SSSR count). The third-order valence-electron chi connectivity index (χ3n) is 2.80. The van der Waals surface area contributed by atoms with Gasteiger partial charge in [-0.3, -0.25) is 0 Å². The number of aromatic nitrogens is 2. The van der Waals surface area contributed by atoms with Crippen molar-refractivity contribution in [2.45, 2.75) is 32.7 Å².